The predicted octanol–water partition coefficient (Wildman–Crippen LogP) is 5.51. The molecular weight excluding hydrogens is 462 g/mol. The third kappa shape index (κ3) is 5.29. The predicted molar refractivity (Wildman–Crippen MR) is 144 cm³/mol. The lowest BCUT2D eigenvalue weighted by Crippen LogP contribution is -2.66. The summed E-state index contributed by atoms with van der Waals surface area (Å²) in [7, 11) is 0. The van der Waals surface area contributed by atoms with E-state index in [9.17, 15) is 9.90 Å². The average Bonchev–Trinajstić information content (AvgIpc) is 2.93. The fourth-order valence-electron chi connectivity index (χ4n) is 5.98. The minimum atomic E-state index is -1.86. The third-order valence-corrected chi connectivity index (χ3v) is 8.35. The van der Waals surface area contributed by atoms with E-state index in [4.69, 9.17) is 9.47 Å². The van der Waals surface area contributed by atoms with Gasteiger partial charge in [-0.2, -0.15) is 0 Å². The van der Waals surface area contributed by atoms with Crippen molar-refractivity contribution < 1.29 is 23.9 Å². The van der Waals surface area contributed by atoms with Gasteiger partial charge in [0.15, 0.2) is 0 Å². The van der Waals surface area contributed by atoms with Gasteiger partial charge in [-0.1, -0.05) is 77.9 Å². The molecule has 3 aromatic carbocycles. The van der Waals surface area contributed by atoms with E-state index in [2.05, 4.69) is 0 Å². The second kappa shape index (κ2) is 10.7. The monoisotopic (exact) mass is 500 g/mol. The molecule has 37 heavy (non-hydrogen) atoms. The van der Waals surface area contributed by atoms with Gasteiger partial charge in [-0.25, -0.2) is 4.79 Å². The molecule has 1 atom stereocenters. The highest BCUT2D eigenvalue weighted by atomic mass is 16.6. The van der Waals surface area contributed by atoms with Gasteiger partial charge in [0.2, 0.25) is 11.8 Å². The van der Waals surface area contributed by atoms with Crippen LogP contribution in [0, 0.1) is 19.8 Å². The van der Waals surface area contributed by atoms with Gasteiger partial charge in [-0.05, 0) is 43.0 Å². The SMILES string of the molecule is Cc1ccc(C(O)(C(=O)O[C@@H]2CC3CC[N+]2(CCCOc2ccccc2)CC3)c2ccc(C)cc2)cc1. The Kier molecular flexibility index (Phi) is 7.36. The Labute approximate surface area is 220 Å². The van der Waals surface area contributed by atoms with Crippen LogP contribution in [0.4, 0.5) is 0 Å². The van der Waals surface area contributed by atoms with E-state index < -0.39 is 11.6 Å². The zero-order chi connectivity index (χ0) is 25.9. The number of piperidine rings is 3. The fraction of sp³-hybridized carbons (Fsp3) is 0.406. The van der Waals surface area contributed by atoms with Crippen LogP contribution in [-0.2, 0) is 15.1 Å². The van der Waals surface area contributed by atoms with E-state index in [1.165, 1.54) is 0 Å². The van der Waals surface area contributed by atoms with E-state index >= 15 is 0 Å². The van der Waals surface area contributed by atoms with Crippen molar-refractivity contribution in [1.82, 2.24) is 0 Å². The molecule has 3 aliphatic heterocycles. The number of nitrogens with zero attached hydrogens (tertiary/aromatic N) is 1. The minimum absolute atomic E-state index is 0.251. The quantitative estimate of drug-likeness (QED) is 0.239. The molecule has 0 aromatic heterocycles. The summed E-state index contributed by atoms with van der Waals surface area (Å²) in [6, 6.07) is 24.9. The summed E-state index contributed by atoms with van der Waals surface area (Å²) in [6.07, 6.45) is 3.80. The van der Waals surface area contributed by atoms with Crippen molar-refractivity contribution in [2.45, 2.75) is 51.4 Å². The van der Waals surface area contributed by atoms with Crippen molar-refractivity contribution in [2.24, 2.45) is 5.92 Å². The second-order valence-electron chi connectivity index (χ2n) is 10.9. The first-order valence-corrected chi connectivity index (χ1v) is 13.5. The third-order valence-electron chi connectivity index (χ3n) is 8.35. The summed E-state index contributed by atoms with van der Waals surface area (Å²) >= 11 is 0. The standard InChI is InChI=1S/C32H38NO4/c1-24-9-13-27(14-10-24)32(35,28-15-11-25(2)12-16-28)31(34)37-30-23-26-17-20-33(30,21-18-26)19-6-22-36-29-7-4-3-5-8-29/h3-5,7-16,26,30,35H,6,17-23H2,1-2H3/q+1/t26?,30-,33?/m1/s1. The number of esters is 1. The molecule has 0 saturated carbocycles. The van der Waals surface area contributed by atoms with Crippen LogP contribution >= 0.6 is 0 Å². The number of benzene rings is 3. The van der Waals surface area contributed by atoms with E-state index in [1.807, 2.05) is 92.7 Å². The highest BCUT2D eigenvalue weighted by Gasteiger charge is 2.52. The van der Waals surface area contributed by atoms with Gasteiger partial charge in [-0.3, -0.25) is 4.48 Å². The number of carbonyl (C=O) groups is 1. The number of hydrogen-bond acceptors (Lipinski definition) is 4. The molecule has 2 bridgehead atoms. The Morgan fingerprint density at radius 2 is 1.46 bits per heavy atom. The van der Waals surface area contributed by atoms with E-state index in [0.717, 1.165) is 66.7 Å². The lowest BCUT2D eigenvalue weighted by atomic mass is 9.83. The Bertz CT molecular complexity index is 1140. The van der Waals surface area contributed by atoms with Gasteiger partial charge in [0.05, 0.1) is 26.2 Å². The minimum Gasteiger partial charge on any atom is -0.493 e. The summed E-state index contributed by atoms with van der Waals surface area (Å²) in [4.78, 5) is 13.9. The molecular formula is C32H38NO4+. The zero-order valence-corrected chi connectivity index (χ0v) is 21.9. The molecule has 0 spiro atoms. The molecule has 3 heterocycles. The van der Waals surface area contributed by atoms with E-state index in [0.29, 0.717) is 23.7 Å². The summed E-state index contributed by atoms with van der Waals surface area (Å²) in [5.74, 6) is 0.866. The van der Waals surface area contributed by atoms with Crippen molar-refractivity contribution in [1.29, 1.82) is 0 Å². The molecule has 3 fully saturated rings. The maximum atomic E-state index is 13.9. The Hall–Kier alpha value is -3.15. The number of fused-ring (bicyclic) bond motifs is 3. The Morgan fingerprint density at radius 3 is 2.03 bits per heavy atom. The Morgan fingerprint density at radius 1 is 0.892 bits per heavy atom. The lowest BCUT2D eigenvalue weighted by molar-refractivity contribution is -0.984. The topological polar surface area (TPSA) is 55.8 Å². The van der Waals surface area contributed by atoms with E-state index in [1.54, 1.807) is 0 Å². The van der Waals surface area contributed by atoms with Crippen LogP contribution in [0.5, 0.6) is 5.75 Å². The van der Waals surface area contributed by atoms with Crippen LogP contribution < -0.4 is 4.74 Å². The first kappa shape index (κ1) is 25.5. The molecule has 0 radical (unpaired) electrons. The van der Waals surface area contributed by atoms with Crippen molar-refractivity contribution in [3.05, 3.63) is 101 Å². The molecule has 0 aliphatic carbocycles. The van der Waals surface area contributed by atoms with Crippen LogP contribution in [0.15, 0.2) is 78.9 Å². The van der Waals surface area contributed by atoms with Crippen LogP contribution in [0.25, 0.3) is 0 Å². The smallest absolute Gasteiger partial charge is 0.352 e. The Balaban J connectivity index is 1.35. The number of rotatable bonds is 9. The maximum absolute atomic E-state index is 13.9. The lowest BCUT2D eigenvalue weighted by Gasteiger charge is -2.53. The van der Waals surface area contributed by atoms with Crippen LogP contribution in [0.2, 0.25) is 0 Å². The largest absolute Gasteiger partial charge is 0.493 e. The number of aryl methyl sites for hydroxylation is 2. The highest BCUT2D eigenvalue weighted by Crippen LogP contribution is 2.41. The highest BCUT2D eigenvalue weighted by molar-refractivity contribution is 5.85. The zero-order valence-electron chi connectivity index (χ0n) is 21.9. The van der Waals surface area contributed by atoms with E-state index in [-0.39, 0.29) is 6.23 Å². The summed E-state index contributed by atoms with van der Waals surface area (Å²) in [6.45, 7) is 7.52. The molecule has 0 unspecified atom stereocenters. The van der Waals surface area contributed by atoms with Crippen molar-refractivity contribution in [3.8, 4) is 5.75 Å². The normalized spacial score (nSPS) is 23.0. The first-order valence-electron chi connectivity index (χ1n) is 13.5. The van der Waals surface area contributed by atoms with Gasteiger partial charge in [0.25, 0.3) is 0 Å². The molecule has 3 saturated heterocycles. The molecule has 5 heteroatoms. The van der Waals surface area contributed by atoms with Crippen molar-refractivity contribution >= 4 is 5.97 Å². The fourth-order valence-corrected chi connectivity index (χ4v) is 5.98. The van der Waals surface area contributed by atoms with Gasteiger partial charge < -0.3 is 14.6 Å². The molecule has 5 nitrogen and oxygen atoms in total. The molecule has 3 aliphatic rings. The summed E-state index contributed by atoms with van der Waals surface area (Å²) < 4.78 is 13.0. The first-order chi connectivity index (χ1) is 17.9. The molecule has 1 N–H and O–H groups in total. The van der Waals surface area contributed by atoms with Gasteiger partial charge in [0.1, 0.15) is 5.75 Å². The summed E-state index contributed by atoms with van der Waals surface area (Å²) in [5, 5.41) is 12.0. The van der Waals surface area contributed by atoms with Gasteiger partial charge in [0, 0.05) is 25.7 Å². The van der Waals surface area contributed by atoms with Crippen molar-refractivity contribution in [3.63, 3.8) is 0 Å². The number of carbonyl (C=O) groups excluding carboxylic acids is 1. The number of quaternary nitrogens is 1. The second-order valence-corrected chi connectivity index (χ2v) is 10.9. The number of ether oxygens (including phenoxy) is 2. The molecule has 6 rings (SSSR count). The number of para-hydroxylation sites is 1. The molecule has 194 valence electrons. The summed E-state index contributed by atoms with van der Waals surface area (Å²) in [5.41, 5.74) is 1.35. The van der Waals surface area contributed by atoms with Gasteiger partial charge in [-0.15, -0.1) is 0 Å². The molecule has 0 amide bonds. The van der Waals surface area contributed by atoms with Crippen LogP contribution in [0.1, 0.15) is 47.9 Å². The van der Waals surface area contributed by atoms with Crippen LogP contribution in [0.3, 0.4) is 0 Å². The van der Waals surface area contributed by atoms with Gasteiger partial charge >= 0.3 is 5.97 Å². The number of aliphatic hydroxyl groups is 1. The maximum Gasteiger partial charge on any atom is 0.352 e. The average molecular weight is 501 g/mol. The number of hydrogen-bond donors (Lipinski definition) is 1. The van der Waals surface area contributed by atoms with Crippen molar-refractivity contribution in [2.75, 3.05) is 26.2 Å². The van der Waals surface area contributed by atoms with Crippen LogP contribution in [-0.4, -0.2) is 48.0 Å². The molecule has 3 aromatic rings.